The second-order valence-corrected chi connectivity index (χ2v) is 12.4. The molecule has 1 aromatic heterocycles. The Hall–Kier alpha value is -6.18. The highest BCUT2D eigenvalue weighted by molar-refractivity contribution is 6.23. The number of furan rings is 1. The lowest BCUT2D eigenvalue weighted by molar-refractivity contribution is 0.669. The predicted octanol–water partition coefficient (Wildman–Crippen LogP) is 13.2. The van der Waals surface area contributed by atoms with Gasteiger partial charge in [0.05, 0.1) is 0 Å². The van der Waals surface area contributed by atoms with Crippen LogP contribution in [0.25, 0.3) is 98.4 Å². The summed E-state index contributed by atoms with van der Waals surface area (Å²) in [5.41, 5.74) is 9.12. The molecule has 218 valence electrons. The van der Waals surface area contributed by atoms with E-state index in [1.54, 1.807) is 0 Å². The first-order valence-corrected chi connectivity index (χ1v) is 16.2. The van der Waals surface area contributed by atoms with E-state index in [1.807, 2.05) is 0 Å². The van der Waals surface area contributed by atoms with Crippen molar-refractivity contribution in [1.82, 2.24) is 0 Å². The molecule has 0 atom stereocenters. The van der Waals surface area contributed by atoms with Crippen LogP contribution in [0.1, 0.15) is 0 Å². The van der Waals surface area contributed by atoms with Crippen molar-refractivity contribution in [2.45, 2.75) is 0 Å². The van der Waals surface area contributed by atoms with Crippen LogP contribution in [0, 0.1) is 0 Å². The van der Waals surface area contributed by atoms with Gasteiger partial charge in [0.1, 0.15) is 11.2 Å². The van der Waals surface area contributed by atoms with Crippen LogP contribution < -0.4 is 0 Å². The van der Waals surface area contributed by atoms with Gasteiger partial charge in [-0.05, 0) is 101 Å². The average molecular weight is 597 g/mol. The van der Waals surface area contributed by atoms with Crippen LogP contribution in [0.15, 0.2) is 174 Å². The summed E-state index contributed by atoms with van der Waals surface area (Å²) >= 11 is 0. The number of rotatable bonds is 3. The van der Waals surface area contributed by atoms with E-state index in [4.69, 9.17) is 4.42 Å². The molecule has 1 heteroatoms. The maximum absolute atomic E-state index is 6.65. The average Bonchev–Trinajstić information content (AvgIpc) is 3.51. The zero-order valence-corrected chi connectivity index (χ0v) is 25.6. The molecule has 0 fully saturated rings. The van der Waals surface area contributed by atoms with E-state index < -0.39 is 0 Å². The molecule has 0 bridgehead atoms. The molecule has 0 radical (unpaired) electrons. The van der Waals surface area contributed by atoms with Gasteiger partial charge < -0.3 is 4.42 Å². The Labute approximate surface area is 271 Å². The predicted molar refractivity (Wildman–Crippen MR) is 200 cm³/mol. The highest BCUT2D eigenvalue weighted by atomic mass is 16.3. The van der Waals surface area contributed by atoms with E-state index >= 15 is 0 Å². The van der Waals surface area contributed by atoms with E-state index in [0.29, 0.717) is 0 Å². The minimum atomic E-state index is 0.900. The van der Waals surface area contributed by atoms with Crippen molar-refractivity contribution in [3.8, 4) is 33.4 Å². The quantitative estimate of drug-likeness (QED) is 0.185. The first-order valence-electron chi connectivity index (χ1n) is 16.2. The van der Waals surface area contributed by atoms with Crippen molar-refractivity contribution in [2.75, 3.05) is 0 Å². The molecular formula is C46H28O. The molecule has 0 aliphatic carbocycles. The lowest BCUT2D eigenvalue weighted by atomic mass is 9.85. The van der Waals surface area contributed by atoms with Crippen LogP contribution in [-0.4, -0.2) is 0 Å². The first-order chi connectivity index (χ1) is 23.3. The monoisotopic (exact) mass is 596 g/mol. The summed E-state index contributed by atoms with van der Waals surface area (Å²) in [5.74, 6) is 0. The third-order valence-corrected chi connectivity index (χ3v) is 9.84. The lowest BCUT2D eigenvalue weighted by Gasteiger charge is -2.18. The smallest absolute Gasteiger partial charge is 0.136 e. The number of hydrogen-bond donors (Lipinski definition) is 0. The summed E-state index contributed by atoms with van der Waals surface area (Å²) in [6.45, 7) is 0. The molecule has 0 unspecified atom stereocenters. The SMILES string of the molecule is c1ccc2cc(-c3c4ccccc4c(-c4ccc5c(c4)oc4cccc(-c6cccc7ccccc67)c45)c4ccccc34)ccc2c1. The maximum atomic E-state index is 6.65. The van der Waals surface area contributed by atoms with Crippen LogP contribution in [0.4, 0.5) is 0 Å². The second kappa shape index (κ2) is 10.2. The van der Waals surface area contributed by atoms with Crippen LogP contribution in [0.5, 0.6) is 0 Å². The summed E-state index contributed by atoms with van der Waals surface area (Å²) in [4.78, 5) is 0. The van der Waals surface area contributed by atoms with Crippen molar-refractivity contribution in [1.29, 1.82) is 0 Å². The van der Waals surface area contributed by atoms with Crippen molar-refractivity contribution in [3.63, 3.8) is 0 Å². The highest BCUT2D eigenvalue weighted by Gasteiger charge is 2.19. The van der Waals surface area contributed by atoms with Gasteiger partial charge >= 0.3 is 0 Å². The zero-order chi connectivity index (χ0) is 30.9. The van der Waals surface area contributed by atoms with Crippen LogP contribution in [0.3, 0.4) is 0 Å². The van der Waals surface area contributed by atoms with Gasteiger partial charge in [0.2, 0.25) is 0 Å². The summed E-state index contributed by atoms with van der Waals surface area (Å²) in [5, 5.41) is 12.3. The van der Waals surface area contributed by atoms with Crippen LogP contribution >= 0.6 is 0 Å². The molecular weight excluding hydrogens is 569 g/mol. The fraction of sp³-hybridized carbons (Fsp3) is 0. The summed E-state index contributed by atoms with van der Waals surface area (Å²) in [6.07, 6.45) is 0. The van der Waals surface area contributed by atoms with E-state index in [-0.39, 0.29) is 0 Å². The van der Waals surface area contributed by atoms with Gasteiger partial charge in [0.15, 0.2) is 0 Å². The third-order valence-electron chi connectivity index (χ3n) is 9.84. The number of fused-ring (bicyclic) bond motifs is 7. The maximum Gasteiger partial charge on any atom is 0.136 e. The highest BCUT2D eigenvalue weighted by Crippen LogP contribution is 2.46. The largest absolute Gasteiger partial charge is 0.456 e. The molecule has 0 amide bonds. The minimum absolute atomic E-state index is 0.900. The zero-order valence-electron chi connectivity index (χ0n) is 25.6. The standard InChI is InChI=1S/C46H28O/c1-2-13-31-27-32(24-23-29(31)11-1)44-37-16-5-7-18-39(37)45(40-19-8-6-17-38(40)44)33-25-26-41-43(28-33)47-42-22-10-21-36(46(41)42)35-20-9-14-30-12-3-4-15-34(30)35/h1-28H. The number of hydrogen-bond acceptors (Lipinski definition) is 1. The minimum Gasteiger partial charge on any atom is -0.456 e. The van der Waals surface area contributed by atoms with Crippen molar-refractivity contribution < 1.29 is 4.42 Å². The van der Waals surface area contributed by atoms with Gasteiger partial charge in [-0.25, -0.2) is 0 Å². The van der Waals surface area contributed by atoms with E-state index in [1.165, 1.54) is 70.9 Å². The van der Waals surface area contributed by atoms with Gasteiger partial charge in [0.25, 0.3) is 0 Å². The van der Waals surface area contributed by atoms with Gasteiger partial charge in [-0.2, -0.15) is 0 Å². The Bertz CT molecular complexity index is 2790. The lowest BCUT2D eigenvalue weighted by Crippen LogP contribution is -1.91. The molecule has 0 N–H and O–H groups in total. The third kappa shape index (κ3) is 3.97. The molecule has 0 aliphatic rings. The summed E-state index contributed by atoms with van der Waals surface area (Å²) in [6, 6.07) is 61.5. The van der Waals surface area contributed by atoms with Crippen molar-refractivity contribution in [2.24, 2.45) is 0 Å². The molecule has 9 aromatic carbocycles. The molecule has 0 spiro atoms. The van der Waals surface area contributed by atoms with Gasteiger partial charge in [-0.3, -0.25) is 0 Å². The Morgan fingerprint density at radius 2 is 0.830 bits per heavy atom. The Kier molecular flexibility index (Phi) is 5.64. The molecule has 47 heavy (non-hydrogen) atoms. The van der Waals surface area contributed by atoms with E-state index in [9.17, 15) is 0 Å². The molecule has 10 aromatic rings. The number of benzene rings is 9. The summed E-state index contributed by atoms with van der Waals surface area (Å²) < 4.78 is 6.65. The van der Waals surface area contributed by atoms with Crippen molar-refractivity contribution in [3.05, 3.63) is 170 Å². The second-order valence-electron chi connectivity index (χ2n) is 12.4. The molecule has 10 rings (SSSR count). The molecule has 1 heterocycles. The normalized spacial score (nSPS) is 11.8. The van der Waals surface area contributed by atoms with E-state index in [2.05, 4.69) is 170 Å². The Morgan fingerprint density at radius 3 is 1.55 bits per heavy atom. The van der Waals surface area contributed by atoms with E-state index in [0.717, 1.165) is 27.5 Å². The molecule has 0 saturated carbocycles. The molecule has 1 nitrogen and oxygen atoms in total. The Morgan fingerprint density at radius 1 is 0.298 bits per heavy atom. The van der Waals surface area contributed by atoms with Gasteiger partial charge in [-0.15, -0.1) is 0 Å². The molecule has 0 saturated heterocycles. The molecule has 0 aliphatic heterocycles. The topological polar surface area (TPSA) is 13.1 Å². The van der Waals surface area contributed by atoms with Gasteiger partial charge in [-0.1, -0.05) is 146 Å². The fourth-order valence-corrected chi connectivity index (χ4v) is 7.76. The summed E-state index contributed by atoms with van der Waals surface area (Å²) in [7, 11) is 0. The fourth-order valence-electron chi connectivity index (χ4n) is 7.76. The van der Waals surface area contributed by atoms with Crippen molar-refractivity contribution >= 4 is 65.0 Å². The van der Waals surface area contributed by atoms with Crippen LogP contribution in [-0.2, 0) is 0 Å². The first kappa shape index (κ1) is 26.1. The van der Waals surface area contributed by atoms with Crippen LogP contribution in [0.2, 0.25) is 0 Å². The Balaban J connectivity index is 1.23. The van der Waals surface area contributed by atoms with Gasteiger partial charge in [0, 0.05) is 10.8 Å².